The van der Waals surface area contributed by atoms with Gasteiger partial charge in [0.15, 0.2) is 5.78 Å². The van der Waals surface area contributed by atoms with Crippen LogP contribution >= 0.6 is 11.3 Å². The van der Waals surface area contributed by atoms with Gasteiger partial charge in [-0.05, 0) is 29.9 Å². The fourth-order valence-electron chi connectivity index (χ4n) is 5.16. The molecule has 2 aromatic heterocycles. The quantitative estimate of drug-likeness (QED) is 0.386. The number of thiazole rings is 1. The SMILES string of the molecule is Cc1ncsc1-c1ccc(C(C)CC(=O)C2CC(O)CN2C(=O)C(c2cc(C(C)(C)C)no2)C(C)C)cc1. The van der Waals surface area contributed by atoms with E-state index in [0.29, 0.717) is 12.2 Å². The third kappa shape index (κ3) is 5.91. The Morgan fingerprint density at radius 2 is 1.87 bits per heavy atom. The third-order valence-corrected chi connectivity index (χ3v) is 8.44. The summed E-state index contributed by atoms with van der Waals surface area (Å²) in [6.07, 6.45) is -0.170. The molecule has 1 aliphatic heterocycles. The van der Waals surface area contributed by atoms with E-state index in [9.17, 15) is 14.7 Å². The summed E-state index contributed by atoms with van der Waals surface area (Å²) < 4.78 is 5.64. The maximum absolute atomic E-state index is 13.8. The van der Waals surface area contributed by atoms with Crippen LogP contribution in [0, 0.1) is 12.8 Å². The second kappa shape index (κ2) is 11.1. The number of likely N-dealkylation sites (tertiary alicyclic amines) is 1. The Labute approximate surface area is 229 Å². The molecule has 1 fully saturated rings. The van der Waals surface area contributed by atoms with Crippen LogP contribution in [0.1, 0.15) is 88.9 Å². The number of amides is 1. The number of hydrogen-bond donors (Lipinski definition) is 1. The first-order chi connectivity index (χ1) is 17.9. The van der Waals surface area contributed by atoms with Crippen LogP contribution in [-0.4, -0.2) is 50.5 Å². The number of benzene rings is 1. The van der Waals surface area contributed by atoms with Crippen molar-refractivity contribution in [3.05, 3.63) is 58.6 Å². The van der Waals surface area contributed by atoms with Crippen molar-refractivity contribution in [2.75, 3.05) is 6.54 Å². The highest BCUT2D eigenvalue weighted by molar-refractivity contribution is 7.13. The summed E-state index contributed by atoms with van der Waals surface area (Å²) in [6, 6.07) is 9.47. The zero-order valence-corrected chi connectivity index (χ0v) is 24.2. The van der Waals surface area contributed by atoms with E-state index in [-0.39, 0.29) is 41.9 Å². The van der Waals surface area contributed by atoms with Gasteiger partial charge in [0, 0.05) is 30.9 Å². The Kier molecular flexibility index (Phi) is 8.23. The maximum atomic E-state index is 13.8. The fraction of sp³-hybridized carbons (Fsp3) is 0.533. The van der Waals surface area contributed by atoms with Gasteiger partial charge in [-0.2, -0.15) is 0 Å². The summed E-state index contributed by atoms with van der Waals surface area (Å²) >= 11 is 1.62. The molecule has 1 amide bonds. The molecule has 4 rings (SSSR count). The van der Waals surface area contributed by atoms with Crippen molar-refractivity contribution in [3.63, 3.8) is 0 Å². The largest absolute Gasteiger partial charge is 0.391 e. The van der Waals surface area contributed by atoms with E-state index in [4.69, 9.17) is 4.52 Å². The Balaban J connectivity index is 1.49. The highest BCUT2D eigenvalue weighted by Gasteiger charge is 2.43. The van der Waals surface area contributed by atoms with Gasteiger partial charge in [-0.15, -0.1) is 11.3 Å². The Bertz CT molecular complexity index is 1270. The first-order valence-corrected chi connectivity index (χ1v) is 14.2. The molecule has 4 unspecified atom stereocenters. The predicted molar refractivity (Wildman–Crippen MR) is 149 cm³/mol. The number of β-amino-alcohol motifs (C(OH)–C–C–N with tert-alkyl or cyclic N) is 1. The molecule has 3 aromatic rings. The lowest BCUT2D eigenvalue weighted by atomic mass is 9.87. The van der Waals surface area contributed by atoms with Crippen molar-refractivity contribution in [2.24, 2.45) is 5.92 Å². The number of hydrogen-bond acceptors (Lipinski definition) is 7. The minimum absolute atomic E-state index is 0.0154. The standard InChI is InChI=1S/C30H39N3O4S/c1-17(2)27(25-14-26(32-37-25)30(5,6)7)29(36)33-15-22(34)13-23(33)24(35)12-18(3)20-8-10-21(11-9-20)28-19(4)31-16-38-28/h8-11,14,16-18,22-23,27,34H,12-13,15H2,1-7H3. The van der Waals surface area contributed by atoms with Crippen molar-refractivity contribution >= 4 is 23.0 Å². The van der Waals surface area contributed by atoms with Crippen molar-refractivity contribution in [1.29, 1.82) is 0 Å². The monoisotopic (exact) mass is 537 g/mol. The summed E-state index contributed by atoms with van der Waals surface area (Å²) in [6.45, 7) is 14.2. The van der Waals surface area contributed by atoms with Crippen LogP contribution in [0.15, 0.2) is 40.4 Å². The van der Waals surface area contributed by atoms with E-state index in [0.717, 1.165) is 27.4 Å². The second-order valence-electron chi connectivity index (χ2n) is 11.9. The minimum Gasteiger partial charge on any atom is -0.391 e. The third-order valence-electron chi connectivity index (χ3n) is 7.46. The van der Waals surface area contributed by atoms with E-state index in [2.05, 4.69) is 34.4 Å². The Morgan fingerprint density at radius 1 is 1.18 bits per heavy atom. The molecule has 38 heavy (non-hydrogen) atoms. The van der Waals surface area contributed by atoms with Gasteiger partial charge in [-0.25, -0.2) is 4.98 Å². The normalized spacial score (nSPS) is 19.7. The van der Waals surface area contributed by atoms with Crippen LogP contribution in [-0.2, 0) is 15.0 Å². The Hall–Kier alpha value is -2.84. The second-order valence-corrected chi connectivity index (χ2v) is 12.8. The van der Waals surface area contributed by atoms with Crippen LogP contribution in [0.25, 0.3) is 10.4 Å². The first kappa shape index (κ1) is 28.2. The molecule has 7 nitrogen and oxygen atoms in total. The zero-order valence-electron chi connectivity index (χ0n) is 23.4. The minimum atomic E-state index is -0.724. The topological polar surface area (TPSA) is 96.5 Å². The number of carbonyl (C=O) groups excluding carboxylic acids is 2. The molecule has 0 spiro atoms. The zero-order chi connectivity index (χ0) is 27.8. The van der Waals surface area contributed by atoms with Gasteiger partial charge in [0.1, 0.15) is 11.7 Å². The summed E-state index contributed by atoms with van der Waals surface area (Å²) in [7, 11) is 0. The summed E-state index contributed by atoms with van der Waals surface area (Å²) in [5, 5.41) is 14.7. The number of aryl methyl sites for hydroxylation is 1. The number of Topliss-reactive ketones (excluding diaryl/α,β-unsaturated/α-hetero) is 1. The van der Waals surface area contributed by atoms with Gasteiger partial charge in [0.2, 0.25) is 5.91 Å². The van der Waals surface area contributed by atoms with E-state index in [1.165, 1.54) is 0 Å². The molecular weight excluding hydrogens is 498 g/mol. The maximum Gasteiger partial charge on any atom is 0.234 e. The number of carbonyl (C=O) groups is 2. The van der Waals surface area contributed by atoms with Crippen LogP contribution < -0.4 is 0 Å². The van der Waals surface area contributed by atoms with Gasteiger partial charge < -0.3 is 14.5 Å². The smallest absolute Gasteiger partial charge is 0.234 e. The fourth-order valence-corrected chi connectivity index (χ4v) is 5.98. The van der Waals surface area contributed by atoms with Gasteiger partial charge in [0.05, 0.1) is 33.9 Å². The molecule has 8 heteroatoms. The molecule has 1 saturated heterocycles. The summed E-state index contributed by atoms with van der Waals surface area (Å²) in [5.41, 5.74) is 5.61. The van der Waals surface area contributed by atoms with Crippen LogP contribution in [0.2, 0.25) is 0 Å². The first-order valence-electron chi connectivity index (χ1n) is 13.4. The number of aromatic nitrogens is 2. The molecule has 1 aromatic carbocycles. The molecule has 4 atom stereocenters. The summed E-state index contributed by atoms with van der Waals surface area (Å²) in [5.74, 6) is -0.357. The average Bonchev–Trinajstić information content (AvgIpc) is 3.58. The molecule has 0 radical (unpaired) electrons. The molecule has 0 saturated carbocycles. The molecule has 0 bridgehead atoms. The lowest BCUT2D eigenvalue weighted by molar-refractivity contribution is -0.140. The molecule has 204 valence electrons. The number of aliphatic hydroxyl groups is 1. The summed E-state index contributed by atoms with van der Waals surface area (Å²) in [4.78, 5) is 34.4. The molecule has 3 heterocycles. The lowest BCUT2D eigenvalue weighted by Gasteiger charge is -2.29. The van der Waals surface area contributed by atoms with Crippen LogP contribution in [0.4, 0.5) is 0 Å². The number of ketones is 1. The molecule has 0 aliphatic carbocycles. The molecule has 1 N–H and O–H groups in total. The van der Waals surface area contributed by atoms with E-state index >= 15 is 0 Å². The van der Waals surface area contributed by atoms with Gasteiger partial charge in [-0.1, -0.05) is 71.0 Å². The van der Waals surface area contributed by atoms with Crippen LogP contribution in [0.3, 0.4) is 0 Å². The van der Waals surface area contributed by atoms with Crippen molar-refractivity contribution in [1.82, 2.24) is 15.0 Å². The molecule has 1 aliphatic rings. The number of rotatable bonds is 8. The van der Waals surface area contributed by atoms with Crippen molar-refractivity contribution < 1.29 is 19.2 Å². The highest BCUT2D eigenvalue weighted by Crippen LogP contribution is 2.35. The number of nitrogens with zero attached hydrogens (tertiary/aromatic N) is 3. The predicted octanol–water partition coefficient (Wildman–Crippen LogP) is 5.87. The van der Waals surface area contributed by atoms with Crippen molar-refractivity contribution in [2.45, 2.75) is 90.7 Å². The van der Waals surface area contributed by atoms with Crippen molar-refractivity contribution in [3.8, 4) is 10.4 Å². The lowest BCUT2D eigenvalue weighted by Crippen LogP contribution is -2.44. The molecular formula is C30H39N3O4S. The Morgan fingerprint density at radius 3 is 2.42 bits per heavy atom. The highest BCUT2D eigenvalue weighted by atomic mass is 32.1. The van der Waals surface area contributed by atoms with Crippen LogP contribution in [0.5, 0.6) is 0 Å². The number of aliphatic hydroxyl groups excluding tert-OH is 1. The van der Waals surface area contributed by atoms with E-state index in [1.54, 1.807) is 16.2 Å². The van der Waals surface area contributed by atoms with Gasteiger partial charge >= 0.3 is 0 Å². The van der Waals surface area contributed by atoms with Gasteiger partial charge in [-0.3, -0.25) is 9.59 Å². The van der Waals surface area contributed by atoms with E-state index in [1.807, 2.05) is 60.0 Å². The van der Waals surface area contributed by atoms with Gasteiger partial charge in [0.25, 0.3) is 0 Å². The van der Waals surface area contributed by atoms with E-state index < -0.39 is 18.1 Å². The average molecular weight is 538 g/mol.